The fourth-order valence-corrected chi connectivity index (χ4v) is 3.99. The summed E-state index contributed by atoms with van der Waals surface area (Å²) >= 11 is 0. The van der Waals surface area contributed by atoms with Gasteiger partial charge in [-0.25, -0.2) is 4.99 Å². The molecule has 2 saturated heterocycles. The Morgan fingerprint density at radius 2 is 1.94 bits per heavy atom. The summed E-state index contributed by atoms with van der Waals surface area (Å²) < 4.78 is 5.68. The molecule has 0 saturated carbocycles. The maximum atomic E-state index is 12.4. The predicted octanol–water partition coefficient (Wildman–Crippen LogP) is 1.63. The van der Waals surface area contributed by atoms with E-state index in [0.717, 1.165) is 25.0 Å². The van der Waals surface area contributed by atoms with E-state index < -0.39 is 0 Å². The Hall–Kier alpha value is -1.88. The van der Waals surface area contributed by atoms with Crippen molar-refractivity contribution in [3.05, 3.63) is 35.9 Å². The van der Waals surface area contributed by atoms with Gasteiger partial charge in [0.05, 0.1) is 12.1 Å². The smallest absolute Gasteiger partial charge is 0.243 e. The number of rotatable bonds is 7. The number of halogens is 1. The van der Waals surface area contributed by atoms with Crippen LogP contribution in [0.2, 0.25) is 0 Å². The number of likely N-dealkylation sites (tertiary alicyclic amines) is 1. The molecule has 8 nitrogen and oxygen atoms in total. The summed E-state index contributed by atoms with van der Waals surface area (Å²) in [6.07, 6.45) is 2.74. The minimum absolute atomic E-state index is 0. The first-order chi connectivity index (χ1) is 14.5. The zero-order valence-corrected chi connectivity index (χ0v) is 20.9. The molecule has 0 radical (unpaired) electrons. The molecule has 1 aromatic rings. The molecule has 31 heavy (non-hydrogen) atoms. The molecule has 0 bridgehead atoms. The third-order valence-electron chi connectivity index (χ3n) is 5.76. The lowest BCUT2D eigenvalue weighted by atomic mass is 9.94. The standard InChI is InChI=1S/C22H33N5O3.HI/c1-26(2)20(29)15-25-22(24-14-18-10-7-11-30-18)23-13-17-12-19(28)27(3)21(17)16-8-5-4-6-9-16;/h4-6,8-9,17-18,21H,7,10-15H2,1-3H3,(H2,23,24,25);1H. The van der Waals surface area contributed by atoms with Gasteiger partial charge in [0.1, 0.15) is 6.54 Å². The van der Waals surface area contributed by atoms with Crippen molar-refractivity contribution in [2.75, 3.05) is 47.4 Å². The Morgan fingerprint density at radius 1 is 1.23 bits per heavy atom. The van der Waals surface area contributed by atoms with Crippen molar-refractivity contribution in [3.8, 4) is 0 Å². The molecule has 0 aromatic heterocycles. The van der Waals surface area contributed by atoms with Crippen LogP contribution in [0.1, 0.15) is 30.9 Å². The molecule has 2 heterocycles. The van der Waals surface area contributed by atoms with Gasteiger partial charge in [0, 0.05) is 53.2 Å². The molecule has 0 spiro atoms. The molecule has 9 heteroatoms. The third kappa shape index (κ3) is 7.06. The first-order valence-corrected chi connectivity index (χ1v) is 10.6. The maximum Gasteiger partial charge on any atom is 0.243 e. The van der Waals surface area contributed by atoms with Gasteiger partial charge < -0.3 is 25.2 Å². The van der Waals surface area contributed by atoms with Gasteiger partial charge in [0.15, 0.2) is 5.96 Å². The maximum absolute atomic E-state index is 12.4. The highest BCUT2D eigenvalue weighted by Crippen LogP contribution is 2.36. The van der Waals surface area contributed by atoms with Crippen molar-refractivity contribution in [2.45, 2.75) is 31.4 Å². The zero-order valence-electron chi connectivity index (χ0n) is 18.5. The van der Waals surface area contributed by atoms with Crippen molar-refractivity contribution in [3.63, 3.8) is 0 Å². The van der Waals surface area contributed by atoms with E-state index in [1.54, 1.807) is 14.1 Å². The summed E-state index contributed by atoms with van der Waals surface area (Å²) in [5, 5.41) is 6.66. The number of carbonyl (C=O) groups is 2. The van der Waals surface area contributed by atoms with Crippen LogP contribution < -0.4 is 10.6 Å². The van der Waals surface area contributed by atoms with Crippen LogP contribution in [-0.2, 0) is 14.3 Å². The van der Waals surface area contributed by atoms with Gasteiger partial charge in [-0.1, -0.05) is 30.3 Å². The van der Waals surface area contributed by atoms with E-state index >= 15 is 0 Å². The summed E-state index contributed by atoms with van der Waals surface area (Å²) in [5.74, 6) is 0.772. The van der Waals surface area contributed by atoms with Gasteiger partial charge in [-0.2, -0.15) is 0 Å². The Bertz CT molecular complexity index is 753. The highest BCUT2D eigenvalue weighted by atomic mass is 127. The van der Waals surface area contributed by atoms with Crippen LogP contribution in [0.15, 0.2) is 35.3 Å². The first-order valence-electron chi connectivity index (χ1n) is 10.6. The summed E-state index contributed by atoms with van der Waals surface area (Å²) in [6, 6.07) is 10.1. The van der Waals surface area contributed by atoms with Crippen LogP contribution in [0.3, 0.4) is 0 Å². The van der Waals surface area contributed by atoms with Gasteiger partial charge in [0.2, 0.25) is 11.8 Å². The van der Waals surface area contributed by atoms with Crippen molar-refractivity contribution in [1.29, 1.82) is 0 Å². The van der Waals surface area contributed by atoms with Crippen LogP contribution in [0, 0.1) is 5.92 Å². The normalized spacial score (nSPS) is 23.5. The third-order valence-corrected chi connectivity index (χ3v) is 5.76. The van der Waals surface area contributed by atoms with Crippen LogP contribution in [-0.4, -0.2) is 81.1 Å². The van der Waals surface area contributed by atoms with Gasteiger partial charge >= 0.3 is 0 Å². The molecular formula is C22H34IN5O3. The van der Waals surface area contributed by atoms with Crippen molar-refractivity contribution < 1.29 is 14.3 Å². The zero-order chi connectivity index (χ0) is 21.5. The molecular weight excluding hydrogens is 509 g/mol. The van der Waals surface area contributed by atoms with Gasteiger partial charge in [0.25, 0.3) is 0 Å². The number of guanidine groups is 1. The van der Waals surface area contributed by atoms with E-state index in [0.29, 0.717) is 25.5 Å². The number of nitrogens with zero attached hydrogens (tertiary/aromatic N) is 3. The topological polar surface area (TPSA) is 86.3 Å². The number of amides is 2. The molecule has 3 atom stereocenters. The molecule has 3 unspecified atom stereocenters. The van der Waals surface area contributed by atoms with E-state index in [4.69, 9.17) is 4.74 Å². The van der Waals surface area contributed by atoms with E-state index in [1.165, 1.54) is 4.90 Å². The molecule has 2 N–H and O–H groups in total. The number of hydrogen-bond donors (Lipinski definition) is 2. The van der Waals surface area contributed by atoms with Gasteiger partial charge in [-0.3, -0.25) is 9.59 Å². The largest absolute Gasteiger partial charge is 0.376 e. The second kappa shape index (κ2) is 12.2. The van der Waals surface area contributed by atoms with E-state index in [2.05, 4.69) is 27.8 Å². The quantitative estimate of drug-likeness (QED) is 0.310. The lowest BCUT2D eigenvalue weighted by Gasteiger charge is -2.26. The molecule has 1 aromatic carbocycles. The minimum Gasteiger partial charge on any atom is -0.376 e. The van der Waals surface area contributed by atoms with Crippen molar-refractivity contribution >= 4 is 41.8 Å². The number of hydrogen-bond acceptors (Lipinski definition) is 4. The first kappa shape index (κ1) is 25.4. The summed E-state index contributed by atoms with van der Waals surface area (Å²) in [7, 11) is 5.30. The van der Waals surface area contributed by atoms with E-state index in [9.17, 15) is 9.59 Å². The number of benzene rings is 1. The monoisotopic (exact) mass is 543 g/mol. The minimum atomic E-state index is -0.0637. The number of likely N-dealkylation sites (N-methyl/N-ethyl adjacent to an activating group) is 1. The summed E-state index contributed by atoms with van der Waals surface area (Å²) in [4.78, 5) is 32.2. The average molecular weight is 543 g/mol. The lowest BCUT2D eigenvalue weighted by molar-refractivity contribution is -0.128. The van der Waals surface area contributed by atoms with E-state index in [1.807, 2.05) is 30.1 Å². The molecule has 172 valence electrons. The van der Waals surface area contributed by atoms with Crippen LogP contribution in [0.4, 0.5) is 0 Å². The fraction of sp³-hybridized carbons (Fsp3) is 0.591. The van der Waals surface area contributed by atoms with Crippen molar-refractivity contribution in [2.24, 2.45) is 10.9 Å². The Labute approximate surface area is 201 Å². The van der Waals surface area contributed by atoms with Crippen LogP contribution in [0.5, 0.6) is 0 Å². The van der Waals surface area contributed by atoms with E-state index in [-0.39, 0.29) is 60.4 Å². The van der Waals surface area contributed by atoms with Gasteiger partial charge in [-0.15, -0.1) is 24.0 Å². The molecule has 2 fully saturated rings. The molecule has 3 rings (SSSR count). The predicted molar refractivity (Wildman–Crippen MR) is 131 cm³/mol. The summed E-state index contributed by atoms with van der Waals surface area (Å²) in [5.41, 5.74) is 1.13. The van der Waals surface area contributed by atoms with Crippen LogP contribution >= 0.6 is 24.0 Å². The summed E-state index contributed by atoms with van der Waals surface area (Å²) in [6.45, 7) is 2.09. The van der Waals surface area contributed by atoms with Crippen LogP contribution in [0.25, 0.3) is 0 Å². The fourth-order valence-electron chi connectivity index (χ4n) is 3.99. The number of carbonyl (C=O) groups excluding carboxylic acids is 2. The second-order valence-electron chi connectivity index (χ2n) is 8.17. The highest BCUT2D eigenvalue weighted by Gasteiger charge is 2.38. The SMILES string of the molecule is CN(C)C(=O)CN=C(NCC1CCCO1)NCC1CC(=O)N(C)C1c1ccccc1.I. The Morgan fingerprint density at radius 3 is 2.58 bits per heavy atom. The second-order valence-corrected chi connectivity index (χ2v) is 8.17. The number of nitrogens with one attached hydrogen (secondary N) is 2. The Kier molecular flexibility index (Phi) is 10.0. The highest BCUT2D eigenvalue weighted by molar-refractivity contribution is 14.0. The molecule has 2 aliphatic rings. The number of ether oxygens (including phenoxy) is 1. The molecule has 2 aliphatic heterocycles. The Balaban J connectivity index is 0.00000341. The molecule has 0 aliphatic carbocycles. The lowest BCUT2D eigenvalue weighted by Crippen LogP contribution is -2.44. The average Bonchev–Trinajstić information content (AvgIpc) is 3.36. The number of aliphatic imine (C=N–C) groups is 1. The molecule has 2 amide bonds. The van der Waals surface area contributed by atoms with Crippen molar-refractivity contribution in [1.82, 2.24) is 20.4 Å². The van der Waals surface area contributed by atoms with Gasteiger partial charge in [-0.05, 0) is 18.4 Å².